The maximum absolute atomic E-state index is 12.4. The van der Waals surface area contributed by atoms with Crippen LogP contribution >= 0.6 is 0 Å². The van der Waals surface area contributed by atoms with Crippen LogP contribution < -0.4 is 10.6 Å². The minimum atomic E-state index is -0.0922. The Bertz CT molecular complexity index is 568. The van der Waals surface area contributed by atoms with Crippen molar-refractivity contribution in [2.75, 3.05) is 25.0 Å². The molecule has 0 saturated heterocycles. The highest BCUT2D eigenvalue weighted by atomic mass is 16.2. The van der Waals surface area contributed by atoms with Crippen LogP contribution in [0.2, 0.25) is 0 Å². The van der Waals surface area contributed by atoms with E-state index in [2.05, 4.69) is 24.5 Å². The lowest BCUT2D eigenvalue weighted by Crippen LogP contribution is -2.42. The highest BCUT2D eigenvalue weighted by molar-refractivity contribution is 5.94. The molecule has 0 unspecified atom stereocenters. The lowest BCUT2D eigenvalue weighted by Gasteiger charge is -2.22. The number of carbonyl (C=O) groups excluding carboxylic acids is 2. The molecule has 5 nitrogen and oxygen atoms in total. The van der Waals surface area contributed by atoms with E-state index in [9.17, 15) is 9.59 Å². The number of rotatable bonds is 8. The summed E-state index contributed by atoms with van der Waals surface area (Å²) in [4.78, 5) is 26.1. The van der Waals surface area contributed by atoms with Gasteiger partial charge in [0.15, 0.2) is 0 Å². The number of aryl methyl sites for hydroxylation is 1. The first kappa shape index (κ1) is 20.2. The Morgan fingerprint density at radius 3 is 2.25 bits per heavy atom. The summed E-state index contributed by atoms with van der Waals surface area (Å²) in [7, 11) is 0. The Morgan fingerprint density at radius 2 is 1.71 bits per heavy atom. The second-order valence-electron chi connectivity index (χ2n) is 6.77. The van der Waals surface area contributed by atoms with Gasteiger partial charge in [-0.15, -0.1) is 0 Å². The van der Waals surface area contributed by atoms with Crippen molar-refractivity contribution >= 4 is 17.5 Å². The van der Waals surface area contributed by atoms with Crippen LogP contribution in [0.25, 0.3) is 0 Å². The second kappa shape index (κ2) is 9.42. The summed E-state index contributed by atoms with van der Waals surface area (Å²) in [5.74, 6) is 0.183. The predicted octanol–water partition coefficient (Wildman–Crippen LogP) is 2.90. The number of likely N-dealkylation sites (N-methyl/N-ethyl adjacent to an activating group) is 1. The average molecular weight is 333 g/mol. The Kier molecular flexibility index (Phi) is 7.92. The standard InChI is InChI=1S/C19H31N3O2/c1-7-22(11-17(23)20-14(4)5)12-18(24)21-19-15(6)9-8-10-16(19)13(2)3/h8-10,13-14H,7,11-12H2,1-6H3,(H,20,23)(H,21,24). The van der Waals surface area contributed by atoms with Crippen molar-refractivity contribution in [3.63, 3.8) is 0 Å². The molecule has 0 bridgehead atoms. The number of hydrogen-bond acceptors (Lipinski definition) is 3. The van der Waals surface area contributed by atoms with Gasteiger partial charge in [-0.1, -0.05) is 39.0 Å². The van der Waals surface area contributed by atoms with Crippen LogP contribution in [-0.2, 0) is 9.59 Å². The monoisotopic (exact) mass is 333 g/mol. The molecule has 134 valence electrons. The first-order valence-corrected chi connectivity index (χ1v) is 8.65. The summed E-state index contributed by atoms with van der Waals surface area (Å²) in [5.41, 5.74) is 3.07. The van der Waals surface area contributed by atoms with E-state index >= 15 is 0 Å². The Balaban J connectivity index is 2.73. The van der Waals surface area contributed by atoms with Crippen molar-refractivity contribution in [1.29, 1.82) is 0 Å². The zero-order valence-corrected chi connectivity index (χ0v) is 15.8. The first-order valence-electron chi connectivity index (χ1n) is 8.65. The van der Waals surface area contributed by atoms with Crippen LogP contribution in [-0.4, -0.2) is 42.4 Å². The Morgan fingerprint density at radius 1 is 1.08 bits per heavy atom. The summed E-state index contributed by atoms with van der Waals surface area (Å²) in [6.45, 7) is 13.1. The van der Waals surface area contributed by atoms with Gasteiger partial charge in [-0.25, -0.2) is 0 Å². The van der Waals surface area contributed by atoms with Crippen LogP contribution in [0.5, 0.6) is 0 Å². The third-order valence-electron chi connectivity index (χ3n) is 3.82. The molecule has 0 aliphatic heterocycles. The fraction of sp³-hybridized carbons (Fsp3) is 0.579. The summed E-state index contributed by atoms with van der Waals surface area (Å²) in [6, 6.07) is 6.15. The third kappa shape index (κ3) is 6.32. The topological polar surface area (TPSA) is 61.4 Å². The molecule has 0 aromatic heterocycles. The number of amides is 2. The number of carbonyl (C=O) groups is 2. The predicted molar refractivity (Wildman–Crippen MR) is 99.3 cm³/mol. The van der Waals surface area contributed by atoms with Crippen molar-refractivity contribution in [2.45, 2.75) is 53.5 Å². The van der Waals surface area contributed by atoms with Crippen LogP contribution in [0.1, 0.15) is 51.7 Å². The van der Waals surface area contributed by atoms with Gasteiger partial charge in [-0.3, -0.25) is 14.5 Å². The van der Waals surface area contributed by atoms with Crippen LogP contribution in [0.3, 0.4) is 0 Å². The molecule has 1 aromatic rings. The van der Waals surface area contributed by atoms with Gasteiger partial charge in [0.2, 0.25) is 11.8 Å². The van der Waals surface area contributed by atoms with Crippen molar-refractivity contribution < 1.29 is 9.59 Å². The lowest BCUT2D eigenvalue weighted by atomic mass is 9.98. The van der Waals surface area contributed by atoms with E-state index in [1.165, 1.54) is 0 Å². The van der Waals surface area contributed by atoms with Crippen LogP contribution in [0.15, 0.2) is 18.2 Å². The molecular formula is C19H31N3O2. The smallest absolute Gasteiger partial charge is 0.238 e. The molecule has 0 radical (unpaired) electrons. The third-order valence-corrected chi connectivity index (χ3v) is 3.82. The quantitative estimate of drug-likeness (QED) is 0.769. The molecule has 0 spiro atoms. The Hall–Kier alpha value is -1.88. The molecule has 24 heavy (non-hydrogen) atoms. The summed E-state index contributed by atoms with van der Waals surface area (Å²) < 4.78 is 0. The van der Waals surface area contributed by atoms with Gasteiger partial charge in [0, 0.05) is 11.7 Å². The molecule has 0 atom stereocenters. The number of benzene rings is 1. The van der Waals surface area contributed by atoms with Gasteiger partial charge in [0.1, 0.15) is 0 Å². The maximum Gasteiger partial charge on any atom is 0.238 e. The number of nitrogens with zero attached hydrogens (tertiary/aromatic N) is 1. The zero-order chi connectivity index (χ0) is 18.3. The number of anilines is 1. The van der Waals surface area contributed by atoms with E-state index in [-0.39, 0.29) is 30.9 Å². The van der Waals surface area contributed by atoms with Crippen molar-refractivity contribution in [3.05, 3.63) is 29.3 Å². The van der Waals surface area contributed by atoms with Gasteiger partial charge in [0.05, 0.1) is 13.1 Å². The molecule has 0 heterocycles. The van der Waals surface area contributed by atoms with E-state index in [0.29, 0.717) is 12.5 Å². The van der Waals surface area contributed by atoms with Crippen LogP contribution in [0.4, 0.5) is 5.69 Å². The Labute approximate surface area is 145 Å². The van der Waals surface area contributed by atoms with Gasteiger partial charge in [-0.05, 0) is 44.4 Å². The lowest BCUT2D eigenvalue weighted by molar-refractivity contribution is -0.123. The molecule has 5 heteroatoms. The van der Waals surface area contributed by atoms with Crippen LogP contribution in [0, 0.1) is 6.92 Å². The fourth-order valence-corrected chi connectivity index (χ4v) is 2.57. The van der Waals surface area contributed by atoms with Gasteiger partial charge >= 0.3 is 0 Å². The second-order valence-corrected chi connectivity index (χ2v) is 6.77. The fourth-order valence-electron chi connectivity index (χ4n) is 2.57. The van der Waals surface area contributed by atoms with Gasteiger partial charge < -0.3 is 10.6 Å². The maximum atomic E-state index is 12.4. The average Bonchev–Trinajstić information content (AvgIpc) is 2.47. The number of hydrogen-bond donors (Lipinski definition) is 2. The molecule has 0 saturated carbocycles. The van der Waals surface area contributed by atoms with E-state index in [0.717, 1.165) is 16.8 Å². The summed E-state index contributed by atoms with van der Waals surface area (Å²) in [6.07, 6.45) is 0. The summed E-state index contributed by atoms with van der Waals surface area (Å²) in [5, 5.41) is 5.88. The van der Waals surface area contributed by atoms with Gasteiger partial charge in [-0.2, -0.15) is 0 Å². The molecule has 2 N–H and O–H groups in total. The molecule has 0 aliphatic rings. The molecule has 0 fully saturated rings. The molecular weight excluding hydrogens is 302 g/mol. The minimum Gasteiger partial charge on any atom is -0.353 e. The largest absolute Gasteiger partial charge is 0.353 e. The van der Waals surface area contributed by atoms with E-state index < -0.39 is 0 Å². The highest BCUT2D eigenvalue weighted by Gasteiger charge is 2.16. The highest BCUT2D eigenvalue weighted by Crippen LogP contribution is 2.27. The minimum absolute atomic E-state index is 0.0570. The number of para-hydroxylation sites is 1. The van der Waals surface area contributed by atoms with Crippen molar-refractivity contribution in [2.24, 2.45) is 0 Å². The van der Waals surface area contributed by atoms with E-state index in [4.69, 9.17) is 0 Å². The molecule has 0 aliphatic carbocycles. The van der Waals surface area contributed by atoms with Crippen molar-refractivity contribution in [3.8, 4) is 0 Å². The molecule has 2 amide bonds. The normalized spacial score (nSPS) is 11.2. The summed E-state index contributed by atoms with van der Waals surface area (Å²) >= 11 is 0. The van der Waals surface area contributed by atoms with E-state index in [1.807, 2.05) is 50.8 Å². The molecule has 1 rings (SSSR count). The van der Waals surface area contributed by atoms with Gasteiger partial charge in [0.25, 0.3) is 0 Å². The zero-order valence-electron chi connectivity index (χ0n) is 15.8. The van der Waals surface area contributed by atoms with E-state index in [1.54, 1.807) is 0 Å². The SMILES string of the molecule is CCN(CC(=O)Nc1c(C)cccc1C(C)C)CC(=O)NC(C)C. The van der Waals surface area contributed by atoms with Crippen molar-refractivity contribution in [1.82, 2.24) is 10.2 Å². The molecule has 1 aromatic carbocycles. The first-order chi connectivity index (χ1) is 11.2. The number of nitrogens with one attached hydrogen (secondary N) is 2.